The van der Waals surface area contributed by atoms with Gasteiger partial charge in [-0.1, -0.05) is 41.9 Å². The van der Waals surface area contributed by atoms with Crippen LogP contribution in [0.25, 0.3) is 10.2 Å². The summed E-state index contributed by atoms with van der Waals surface area (Å²) in [5.41, 5.74) is 3.78. The molecule has 0 spiro atoms. The standard InChI is InChI=1S/C22H23N3O3S2/c1-4-5-8-28-20(27)15-6-7-17-18(12-15)30-22(23-17)25-21(29)24-19(26)16-10-13(2)9-14(3)11-16/h6-7,9-12H,4-5,8H2,1-3H3,(H2,23,24,25,26,29). The van der Waals surface area contributed by atoms with Crippen molar-refractivity contribution in [2.24, 2.45) is 0 Å². The number of nitrogens with one attached hydrogen (secondary N) is 2. The van der Waals surface area contributed by atoms with Gasteiger partial charge in [-0.15, -0.1) is 0 Å². The summed E-state index contributed by atoms with van der Waals surface area (Å²) in [6.07, 6.45) is 1.81. The summed E-state index contributed by atoms with van der Waals surface area (Å²) in [6, 6.07) is 10.8. The number of fused-ring (bicyclic) bond motifs is 1. The molecule has 0 atom stereocenters. The second-order valence-corrected chi connectivity index (χ2v) is 8.41. The van der Waals surface area contributed by atoms with Crippen LogP contribution in [0.4, 0.5) is 5.13 Å². The molecular formula is C22H23N3O3S2. The van der Waals surface area contributed by atoms with Gasteiger partial charge in [-0.25, -0.2) is 9.78 Å². The minimum Gasteiger partial charge on any atom is -0.462 e. The van der Waals surface area contributed by atoms with E-state index in [0.717, 1.165) is 34.2 Å². The zero-order valence-corrected chi connectivity index (χ0v) is 18.7. The fourth-order valence-corrected chi connectivity index (χ4v) is 4.07. The predicted octanol–water partition coefficient (Wildman–Crippen LogP) is 5.00. The van der Waals surface area contributed by atoms with Gasteiger partial charge in [0.1, 0.15) is 0 Å². The van der Waals surface area contributed by atoms with Crippen LogP contribution in [0.2, 0.25) is 0 Å². The normalized spacial score (nSPS) is 10.6. The molecule has 0 fully saturated rings. The van der Waals surface area contributed by atoms with Crippen LogP contribution >= 0.6 is 23.6 Å². The maximum Gasteiger partial charge on any atom is 0.338 e. The monoisotopic (exact) mass is 441 g/mol. The molecule has 0 bridgehead atoms. The molecule has 8 heteroatoms. The van der Waals surface area contributed by atoms with Gasteiger partial charge in [-0.2, -0.15) is 0 Å². The Labute approximate surface area is 184 Å². The number of nitrogens with zero attached hydrogens (tertiary/aromatic N) is 1. The van der Waals surface area contributed by atoms with Crippen LogP contribution in [0.1, 0.15) is 51.6 Å². The molecule has 0 unspecified atom stereocenters. The van der Waals surface area contributed by atoms with Crippen LogP contribution < -0.4 is 10.6 Å². The van der Waals surface area contributed by atoms with E-state index in [2.05, 4.69) is 15.6 Å². The molecule has 0 saturated carbocycles. The van der Waals surface area contributed by atoms with Gasteiger partial charge in [-0.3, -0.25) is 10.1 Å². The molecule has 0 aliphatic carbocycles. The summed E-state index contributed by atoms with van der Waals surface area (Å²) in [5, 5.41) is 6.32. The summed E-state index contributed by atoms with van der Waals surface area (Å²) in [5.74, 6) is -0.623. The van der Waals surface area contributed by atoms with E-state index >= 15 is 0 Å². The van der Waals surface area contributed by atoms with Crippen molar-refractivity contribution in [3.8, 4) is 0 Å². The molecule has 1 heterocycles. The fourth-order valence-electron chi connectivity index (χ4n) is 2.91. The van der Waals surface area contributed by atoms with Crippen LogP contribution in [0.5, 0.6) is 0 Å². The SMILES string of the molecule is CCCCOC(=O)c1ccc2nc(NC(=S)NC(=O)c3cc(C)cc(C)c3)sc2c1. The Hall–Kier alpha value is -2.84. The Bertz CT molecular complexity index is 1090. The van der Waals surface area contributed by atoms with E-state index in [9.17, 15) is 9.59 Å². The maximum absolute atomic E-state index is 12.4. The number of ether oxygens (including phenoxy) is 1. The molecule has 6 nitrogen and oxygen atoms in total. The number of esters is 1. The summed E-state index contributed by atoms with van der Waals surface area (Å²) < 4.78 is 6.08. The Morgan fingerprint density at radius 2 is 1.83 bits per heavy atom. The first-order valence-electron chi connectivity index (χ1n) is 9.64. The van der Waals surface area contributed by atoms with E-state index in [1.807, 2.05) is 39.0 Å². The number of anilines is 1. The van der Waals surface area contributed by atoms with Gasteiger partial charge in [-0.05, 0) is 62.8 Å². The van der Waals surface area contributed by atoms with Crippen molar-refractivity contribution in [2.45, 2.75) is 33.6 Å². The average Bonchev–Trinajstić information content (AvgIpc) is 3.08. The molecule has 1 aromatic heterocycles. The third kappa shape index (κ3) is 5.61. The minimum atomic E-state index is -0.343. The van der Waals surface area contributed by atoms with Gasteiger partial charge in [0.05, 0.1) is 22.4 Å². The summed E-state index contributed by atoms with van der Waals surface area (Å²) in [4.78, 5) is 29.0. The summed E-state index contributed by atoms with van der Waals surface area (Å²) >= 11 is 6.60. The van der Waals surface area contributed by atoms with Crippen LogP contribution in [-0.2, 0) is 4.74 Å². The lowest BCUT2D eigenvalue weighted by Gasteiger charge is -2.08. The highest BCUT2D eigenvalue weighted by Gasteiger charge is 2.13. The van der Waals surface area contributed by atoms with Crippen molar-refractivity contribution in [3.05, 3.63) is 58.7 Å². The number of benzene rings is 2. The van der Waals surface area contributed by atoms with Gasteiger partial charge in [0, 0.05) is 5.56 Å². The molecular weight excluding hydrogens is 418 g/mol. The average molecular weight is 442 g/mol. The molecule has 1 amide bonds. The largest absolute Gasteiger partial charge is 0.462 e. The molecule has 2 aromatic carbocycles. The number of amides is 1. The zero-order chi connectivity index (χ0) is 21.7. The third-order valence-corrected chi connectivity index (χ3v) is 5.42. The van der Waals surface area contributed by atoms with E-state index < -0.39 is 0 Å². The Morgan fingerprint density at radius 1 is 1.10 bits per heavy atom. The van der Waals surface area contributed by atoms with Crippen LogP contribution in [-0.4, -0.2) is 28.6 Å². The predicted molar refractivity (Wildman–Crippen MR) is 124 cm³/mol. The molecule has 0 aliphatic heterocycles. The van der Waals surface area contributed by atoms with E-state index in [1.165, 1.54) is 11.3 Å². The van der Waals surface area contributed by atoms with Crippen LogP contribution in [0.15, 0.2) is 36.4 Å². The number of thiocarbonyl (C=S) groups is 1. The number of aromatic nitrogens is 1. The molecule has 3 rings (SSSR count). The molecule has 2 N–H and O–H groups in total. The first-order valence-corrected chi connectivity index (χ1v) is 10.9. The van der Waals surface area contributed by atoms with E-state index in [0.29, 0.717) is 22.9 Å². The second kappa shape index (κ2) is 9.77. The van der Waals surface area contributed by atoms with Gasteiger partial charge in [0.15, 0.2) is 10.2 Å². The highest BCUT2D eigenvalue weighted by Crippen LogP contribution is 2.27. The Balaban J connectivity index is 1.65. The number of hydrogen-bond acceptors (Lipinski definition) is 6. The van der Waals surface area contributed by atoms with Crippen LogP contribution in [0, 0.1) is 13.8 Å². The lowest BCUT2D eigenvalue weighted by Crippen LogP contribution is -2.34. The number of rotatable bonds is 6. The number of thiazole rings is 1. The molecule has 0 aliphatic rings. The van der Waals surface area contributed by atoms with E-state index in [4.69, 9.17) is 17.0 Å². The van der Waals surface area contributed by atoms with Crippen molar-refractivity contribution in [3.63, 3.8) is 0 Å². The molecule has 0 radical (unpaired) electrons. The van der Waals surface area contributed by atoms with Crippen molar-refractivity contribution in [2.75, 3.05) is 11.9 Å². The Kier molecular flexibility index (Phi) is 7.12. The quantitative estimate of drug-likeness (QED) is 0.318. The zero-order valence-electron chi connectivity index (χ0n) is 17.1. The third-order valence-electron chi connectivity index (χ3n) is 4.29. The molecule has 156 valence electrons. The highest BCUT2D eigenvalue weighted by molar-refractivity contribution is 7.80. The van der Waals surface area contributed by atoms with Crippen molar-refractivity contribution in [1.29, 1.82) is 0 Å². The smallest absolute Gasteiger partial charge is 0.338 e. The lowest BCUT2D eigenvalue weighted by molar-refractivity contribution is 0.0500. The number of hydrogen-bond donors (Lipinski definition) is 2. The topological polar surface area (TPSA) is 80.3 Å². The van der Waals surface area contributed by atoms with Gasteiger partial charge in [0.2, 0.25) is 0 Å². The molecule has 30 heavy (non-hydrogen) atoms. The Morgan fingerprint density at radius 3 is 2.53 bits per heavy atom. The number of unbranched alkanes of at least 4 members (excludes halogenated alkanes) is 1. The van der Waals surface area contributed by atoms with E-state index in [1.54, 1.807) is 18.2 Å². The van der Waals surface area contributed by atoms with Crippen molar-refractivity contribution < 1.29 is 14.3 Å². The number of aryl methyl sites for hydroxylation is 2. The first kappa shape index (κ1) is 21.9. The second-order valence-electron chi connectivity index (χ2n) is 6.98. The van der Waals surface area contributed by atoms with Crippen molar-refractivity contribution >= 4 is 55.9 Å². The van der Waals surface area contributed by atoms with Gasteiger partial charge >= 0.3 is 5.97 Å². The van der Waals surface area contributed by atoms with Gasteiger partial charge in [0.25, 0.3) is 5.91 Å². The lowest BCUT2D eigenvalue weighted by atomic mass is 10.1. The number of carbonyl (C=O) groups is 2. The van der Waals surface area contributed by atoms with Crippen LogP contribution in [0.3, 0.4) is 0 Å². The van der Waals surface area contributed by atoms with Gasteiger partial charge < -0.3 is 10.1 Å². The minimum absolute atomic E-state index is 0.164. The first-order chi connectivity index (χ1) is 14.4. The summed E-state index contributed by atoms with van der Waals surface area (Å²) in [6.45, 7) is 6.34. The maximum atomic E-state index is 12.4. The summed E-state index contributed by atoms with van der Waals surface area (Å²) in [7, 11) is 0. The number of carbonyl (C=O) groups excluding carboxylic acids is 2. The van der Waals surface area contributed by atoms with E-state index in [-0.39, 0.29) is 17.0 Å². The molecule has 3 aromatic rings. The fraction of sp³-hybridized carbons (Fsp3) is 0.273. The molecule has 0 saturated heterocycles. The highest BCUT2D eigenvalue weighted by atomic mass is 32.1. The van der Waals surface area contributed by atoms with Crippen molar-refractivity contribution in [1.82, 2.24) is 10.3 Å².